The van der Waals surface area contributed by atoms with Crippen LogP contribution in [0.3, 0.4) is 0 Å². The Balaban J connectivity index is 2.09. The number of methoxy groups -OCH3 is 1. The number of anilines is 1. The van der Waals surface area contributed by atoms with Gasteiger partial charge in [-0.2, -0.15) is 0 Å². The molecule has 0 spiro atoms. The van der Waals surface area contributed by atoms with Gasteiger partial charge < -0.3 is 14.4 Å². The number of carbonyl (C=O) groups is 1. The van der Waals surface area contributed by atoms with E-state index in [1.165, 1.54) is 12.1 Å². The maximum atomic E-state index is 13.3. The molecule has 2 aromatic carbocycles. The van der Waals surface area contributed by atoms with E-state index in [1.54, 1.807) is 31.1 Å². The second-order valence-corrected chi connectivity index (χ2v) is 6.08. The normalized spacial score (nSPS) is 17.3. The van der Waals surface area contributed by atoms with Crippen molar-refractivity contribution >= 4 is 27.5 Å². The highest BCUT2D eigenvalue weighted by atomic mass is 79.9. The second-order valence-electron chi connectivity index (χ2n) is 5.23. The summed E-state index contributed by atoms with van der Waals surface area (Å²) in [7, 11) is 1.56. The van der Waals surface area contributed by atoms with Crippen LogP contribution in [0.25, 0.3) is 0 Å². The summed E-state index contributed by atoms with van der Waals surface area (Å²) in [5.74, 6) is 0.587. The van der Waals surface area contributed by atoms with Crippen molar-refractivity contribution in [3.8, 4) is 11.5 Å². The highest BCUT2D eigenvalue weighted by molar-refractivity contribution is 9.10. The Bertz CT molecular complexity index is 765. The first-order chi connectivity index (χ1) is 11.0. The highest BCUT2D eigenvalue weighted by Gasteiger charge is 2.31. The van der Waals surface area contributed by atoms with Gasteiger partial charge in [0.15, 0.2) is 17.6 Å². The van der Waals surface area contributed by atoms with Gasteiger partial charge in [-0.3, -0.25) is 4.79 Å². The van der Waals surface area contributed by atoms with Crippen LogP contribution in [0.2, 0.25) is 0 Å². The first kappa shape index (κ1) is 15.8. The first-order valence-corrected chi connectivity index (χ1v) is 7.89. The van der Waals surface area contributed by atoms with Crippen molar-refractivity contribution in [3.05, 3.63) is 52.3 Å². The largest absolute Gasteiger partial charge is 0.493 e. The molecule has 23 heavy (non-hydrogen) atoms. The zero-order valence-electron chi connectivity index (χ0n) is 12.7. The third kappa shape index (κ3) is 2.91. The van der Waals surface area contributed by atoms with E-state index in [1.807, 2.05) is 12.1 Å². The average molecular weight is 380 g/mol. The molecule has 0 bridgehead atoms. The van der Waals surface area contributed by atoms with Crippen LogP contribution < -0.4 is 14.4 Å². The van der Waals surface area contributed by atoms with Crippen molar-refractivity contribution in [3.63, 3.8) is 0 Å². The predicted molar refractivity (Wildman–Crippen MR) is 88.4 cm³/mol. The van der Waals surface area contributed by atoms with Crippen molar-refractivity contribution in [1.82, 2.24) is 0 Å². The van der Waals surface area contributed by atoms with E-state index in [4.69, 9.17) is 9.47 Å². The third-order valence-corrected chi connectivity index (χ3v) is 4.35. The third-order valence-electron chi connectivity index (χ3n) is 3.72. The molecule has 3 rings (SSSR count). The number of halogens is 2. The fraction of sp³-hybridized carbons (Fsp3) is 0.235. The van der Waals surface area contributed by atoms with Crippen LogP contribution >= 0.6 is 15.9 Å². The van der Waals surface area contributed by atoms with Crippen molar-refractivity contribution in [2.75, 3.05) is 12.0 Å². The van der Waals surface area contributed by atoms with Gasteiger partial charge >= 0.3 is 0 Å². The van der Waals surface area contributed by atoms with Gasteiger partial charge in [0.05, 0.1) is 19.3 Å². The van der Waals surface area contributed by atoms with E-state index in [0.717, 1.165) is 5.56 Å². The summed E-state index contributed by atoms with van der Waals surface area (Å²) < 4.78 is 25.0. The summed E-state index contributed by atoms with van der Waals surface area (Å²) in [6, 6.07) is 9.77. The van der Waals surface area contributed by atoms with Gasteiger partial charge in [0.2, 0.25) is 0 Å². The van der Waals surface area contributed by atoms with E-state index in [0.29, 0.717) is 28.2 Å². The molecule has 1 heterocycles. The van der Waals surface area contributed by atoms with Gasteiger partial charge in [-0.25, -0.2) is 4.39 Å². The SMILES string of the molecule is COc1cccc2c1O[C@H](C)C(=O)N(c1ccc(F)cc1Br)C2. The topological polar surface area (TPSA) is 38.8 Å². The van der Waals surface area contributed by atoms with E-state index < -0.39 is 6.10 Å². The number of carbonyl (C=O) groups excluding carboxylic acids is 1. The molecule has 1 atom stereocenters. The molecule has 1 aliphatic heterocycles. The van der Waals surface area contributed by atoms with Crippen molar-refractivity contribution in [2.45, 2.75) is 19.6 Å². The van der Waals surface area contributed by atoms with Gasteiger partial charge in [0.25, 0.3) is 5.91 Å². The molecule has 2 aromatic rings. The summed E-state index contributed by atoms with van der Waals surface area (Å²) in [6.45, 7) is 2.01. The number of para-hydroxylation sites is 1. The molecule has 1 aliphatic rings. The van der Waals surface area contributed by atoms with Gasteiger partial charge in [0.1, 0.15) is 5.82 Å². The number of rotatable bonds is 2. The Labute approximate surface area is 141 Å². The lowest BCUT2D eigenvalue weighted by atomic mass is 10.1. The summed E-state index contributed by atoms with van der Waals surface area (Å²) in [6.07, 6.45) is -0.676. The Morgan fingerprint density at radius 2 is 2.13 bits per heavy atom. The second kappa shape index (κ2) is 6.20. The highest BCUT2D eigenvalue weighted by Crippen LogP contribution is 2.37. The van der Waals surface area contributed by atoms with Gasteiger partial charge in [0, 0.05) is 10.0 Å². The molecule has 0 unspecified atom stereocenters. The molecule has 6 heteroatoms. The molecule has 120 valence electrons. The first-order valence-electron chi connectivity index (χ1n) is 7.10. The molecule has 0 saturated heterocycles. The summed E-state index contributed by atoms with van der Waals surface area (Å²) >= 11 is 3.32. The molecular weight excluding hydrogens is 365 g/mol. The summed E-state index contributed by atoms with van der Waals surface area (Å²) in [4.78, 5) is 14.3. The van der Waals surface area contributed by atoms with E-state index in [9.17, 15) is 9.18 Å². The van der Waals surface area contributed by atoms with Crippen LogP contribution in [0.15, 0.2) is 40.9 Å². The van der Waals surface area contributed by atoms with Crippen molar-refractivity contribution in [2.24, 2.45) is 0 Å². The predicted octanol–water partition coefficient (Wildman–Crippen LogP) is 3.91. The number of ether oxygens (including phenoxy) is 2. The summed E-state index contributed by atoms with van der Waals surface area (Å²) in [5, 5.41) is 0. The maximum Gasteiger partial charge on any atom is 0.268 e. The molecule has 0 aliphatic carbocycles. The zero-order valence-corrected chi connectivity index (χ0v) is 14.3. The molecule has 0 aromatic heterocycles. The molecule has 1 amide bonds. The minimum Gasteiger partial charge on any atom is -0.493 e. The Morgan fingerprint density at radius 1 is 1.35 bits per heavy atom. The number of amides is 1. The van der Waals surface area contributed by atoms with Crippen molar-refractivity contribution < 1.29 is 18.7 Å². The number of fused-ring (bicyclic) bond motifs is 1. The lowest BCUT2D eigenvalue weighted by Gasteiger charge is -2.23. The molecule has 0 saturated carbocycles. The minimum atomic E-state index is -0.676. The average Bonchev–Trinajstić information content (AvgIpc) is 2.65. The van der Waals surface area contributed by atoms with Crippen LogP contribution in [-0.2, 0) is 11.3 Å². The van der Waals surface area contributed by atoms with Crippen LogP contribution in [0.4, 0.5) is 10.1 Å². The smallest absolute Gasteiger partial charge is 0.268 e. The maximum absolute atomic E-state index is 13.3. The van der Waals surface area contributed by atoms with E-state index >= 15 is 0 Å². The zero-order chi connectivity index (χ0) is 16.6. The standard InChI is InChI=1S/C17H15BrFNO3/c1-10-17(21)20(14-7-6-12(19)8-13(14)18)9-11-4-3-5-15(22-2)16(11)23-10/h3-8,10H,9H2,1-2H3/t10-/m1/s1. The molecule has 0 N–H and O–H groups in total. The quantitative estimate of drug-likeness (QED) is 0.793. The fourth-order valence-electron chi connectivity index (χ4n) is 2.58. The molecular formula is C17H15BrFNO3. The van der Waals surface area contributed by atoms with Gasteiger partial charge in [-0.1, -0.05) is 12.1 Å². The number of benzene rings is 2. The number of nitrogens with zero attached hydrogens (tertiary/aromatic N) is 1. The lowest BCUT2D eigenvalue weighted by molar-refractivity contribution is -0.124. The van der Waals surface area contributed by atoms with Gasteiger partial charge in [-0.05, 0) is 47.1 Å². The molecule has 4 nitrogen and oxygen atoms in total. The van der Waals surface area contributed by atoms with E-state index in [2.05, 4.69) is 15.9 Å². The van der Waals surface area contributed by atoms with Crippen LogP contribution in [0, 0.1) is 5.82 Å². The molecule has 0 fully saturated rings. The van der Waals surface area contributed by atoms with Gasteiger partial charge in [-0.15, -0.1) is 0 Å². The Morgan fingerprint density at radius 3 is 2.83 bits per heavy atom. The number of hydrogen-bond donors (Lipinski definition) is 0. The Kier molecular flexibility index (Phi) is 4.26. The van der Waals surface area contributed by atoms with Crippen molar-refractivity contribution in [1.29, 1.82) is 0 Å². The van der Waals surface area contributed by atoms with Crippen LogP contribution in [-0.4, -0.2) is 19.1 Å². The summed E-state index contributed by atoms with van der Waals surface area (Å²) in [5.41, 5.74) is 1.43. The van der Waals surface area contributed by atoms with Crippen LogP contribution in [0.1, 0.15) is 12.5 Å². The molecule has 0 radical (unpaired) electrons. The number of hydrogen-bond acceptors (Lipinski definition) is 3. The lowest BCUT2D eigenvalue weighted by Crippen LogP contribution is -2.38. The van der Waals surface area contributed by atoms with E-state index in [-0.39, 0.29) is 11.7 Å². The monoisotopic (exact) mass is 379 g/mol. The fourth-order valence-corrected chi connectivity index (χ4v) is 3.14. The minimum absolute atomic E-state index is 0.199. The Hall–Kier alpha value is -2.08. The van der Waals surface area contributed by atoms with Crippen LogP contribution in [0.5, 0.6) is 11.5 Å².